The number of hydrogen-bond acceptors (Lipinski definition) is 5. The van der Waals surface area contributed by atoms with Gasteiger partial charge in [-0.2, -0.15) is 0 Å². The van der Waals surface area contributed by atoms with Gasteiger partial charge in [0.15, 0.2) is 11.7 Å². The molecule has 1 amide bonds. The molecular formula is C15H13N3O4S. The van der Waals surface area contributed by atoms with Crippen LogP contribution in [0.5, 0.6) is 5.75 Å². The number of nitro groups is 1. The van der Waals surface area contributed by atoms with Gasteiger partial charge in [-0.1, -0.05) is 18.2 Å². The van der Waals surface area contributed by atoms with E-state index in [2.05, 4.69) is 10.6 Å². The number of carbonyl (C=O) groups is 1. The summed E-state index contributed by atoms with van der Waals surface area (Å²) in [6.45, 7) is -0.256. The predicted molar refractivity (Wildman–Crippen MR) is 89.4 cm³/mol. The summed E-state index contributed by atoms with van der Waals surface area (Å²) in [7, 11) is 0. The van der Waals surface area contributed by atoms with E-state index in [9.17, 15) is 14.9 Å². The van der Waals surface area contributed by atoms with Crippen molar-refractivity contribution >= 4 is 34.6 Å². The van der Waals surface area contributed by atoms with Gasteiger partial charge in [0, 0.05) is 17.8 Å². The average Bonchev–Trinajstić information content (AvgIpc) is 2.54. The third kappa shape index (κ3) is 5.36. The number of benzene rings is 2. The second-order valence-corrected chi connectivity index (χ2v) is 4.82. The Bertz CT molecular complexity index is 704. The Labute approximate surface area is 137 Å². The third-order valence-corrected chi connectivity index (χ3v) is 2.91. The van der Waals surface area contributed by atoms with Crippen molar-refractivity contribution in [2.75, 3.05) is 11.9 Å². The number of thiocarbonyl (C=S) groups is 1. The summed E-state index contributed by atoms with van der Waals surface area (Å²) in [5.41, 5.74) is 0.712. The van der Waals surface area contributed by atoms with Crippen molar-refractivity contribution in [3.05, 3.63) is 64.7 Å². The number of carbonyl (C=O) groups excluding carboxylic acids is 1. The van der Waals surface area contributed by atoms with Crippen molar-refractivity contribution in [3.63, 3.8) is 0 Å². The first-order chi connectivity index (χ1) is 11.0. The molecule has 0 radical (unpaired) electrons. The zero-order chi connectivity index (χ0) is 16.7. The fourth-order valence-corrected chi connectivity index (χ4v) is 1.89. The van der Waals surface area contributed by atoms with E-state index in [-0.39, 0.29) is 17.4 Å². The fourth-order valence-electron chi connectivity index (χ4n) is 1.66. The van der Waals surface area contributed by atoms with Crippen molar-refractivity contribution in [3.8, 4) is 5.75 Å². The van der Waals surface area contributed by atoms with Crippen molar-refractivity contribution in [2.24, 2.45) is 0 Å². The number of para-hydroxylation sites is 1. The molecule has 0 unspecified atom stereocenters. The van der Waals surface area contributed by atoms with Crippen molar-refractivity contribution in [1.82, 2.24) is 5.32 Å². The molecule has 0 saturated carbocycles. The maximum absolute atomic E-state index is 11.7. The molecule has 0 aliphatic rings. The minimum absolute atomic E-state index is 0.0463. The first kappa shape index (κ1) is 16.4. The normalized spacial score (nSPS) is 9.74. The molecule has 23 heavy (non-hydrogen) atoms. The van der Waals surface area contributed by atoms with Gasteiger partial charge in [0.05, 0.1) is 4.92 Å². The lowest BCUT2D eigenvalue weighted by molar-refractivity contribution is -0.384. The lowest BCUT2D eigenvalue weighted by Crippen LogP contribution is -2.37. The second-order valence-electron chi connectivity index (χ2n) is 4.41. The van der Waals surface area contributed by atoms with Crippen LogP contribution >= 0.6 is 12.2 Å². The Kier molecular flexibility index (Phi) is 5.59. The quantitative estimate of drug-likeness (QED) is 0.497. The monoisotopic (exact) mass is 331 g/mol. The van der Waals surface area contributed by atoms with Crippen molar-refractivity contribution in [1.29, 1.82) is 0 Å². The minimum Gasteiger partial charge on any atom is -0.484 e. The van der Waals surface area contributed by atoms with Crippen LogP contribution in [0.2, 0.25) is 0 Å². The highest BCUT2D eigenvalue weighted by molar-refractivity contribution is 7.80. The molecule has 0 aliphatic carbocycles. The molecule has 0 saturated heterocycles. The standard InChI is InChI=1S/C15H13N3O4S/c19-14(17-15(23)16-11-4-2-1-3-5-11)10-22-13-8-6-12(7-9-13)18(20)21/h1-9H,10H2,(H2,16,17,19,23). The van der Waals surface area contributed by atoms with Gasteiger partial charge >= 0.3 is 0 Å². The molecule has 0 bridgehead atoms. The SMILES string of the molecule is O=C(COc1ccc([N+](=O)[O-])cc1)NC(=S)Nc1ccccc1. The highest BCUT2D eigenvalue weighted by Crippen LogP contribution is 2.17. The number of amides is 1. The van der Waals surface area contributed by atoms with E-state index in [0.29, 0.717) is 5.75 Å². The summed E-state index contributed by atoms with van der Waals surface area (Å²) in [6.07, 6.45) is 0. The first-order valence-corrected chi connectivity index (χ1v) is 6.98. The fraction of sp³-hybridized carbons (Fsp3) is 0.0667. The van der Waals surface area contributed by atoms with Crippen LogP contribution < -0.4 is 15.4 Å². The molecule has 118 valence electrons. The molecule has 8 heteroatoms. The average molecular weight is 331 g/mol. The maximum Gasteiger partial charge on any atom is 0.269 e. The van der Waals surface area contributed by atoms with E-state index in [1.54, 1.807) is 0 Å². The van der Waals surface area contributed by atoms with E-state index < -0.39 is 10.8 Å². The Morgan fingerprint density at radius 1 is 1.13 bits per heavy atom. The third-order valence-electron chi connectivity index (χ3n) is 2.70. The molecule has 2 aromatic rings. The molecular weight excluding hydrogens is 318 g/mol. The molecule has 0 atom stereocenters. The van der Waals surface area contributed by atoms with Gasteiger partial charge < -0.3 is 10.1 Å². The minimum atomic E-state index is -0.510. The van der Waals surface area contributed by atoms with Crippen LogP contribution in [0.4, 0.5) is 11.4 Å². The first-order valence-electron chi connectivity index (χ1n) is 6.58. The van der Waals surface area contributed by atoms with E-state index in [4.69, 9.17) is 17.0 Å². The lowest BCUT2D eigenvalue weighted by Gasteiger charge is -2.10. The van der Waals surface area contributed by atoms with Crippen LogP contribution in [0.25, 0.3) is 0 Å². The van der Waals surface area contributed by atoms with Gasteiger partial charge in [-0.25, -0.2) is 0 Å². The number of nitrogens with one attached hydrogen (secondary N) is 2. The second kappa shape index (κ2) is 7.85. The topological polar surface area (TPSA) is 93.5 Å². The molecule has 0 aromatic heterocycles. The molecule has 0 aliphatic heterocycles. The number of nitro benzene ring substituents is 1. The van der Waals surface area contributed by atoms with E-state index >= 15 is 0 Å². The number of rotatable bonds is 5. The van der Waals surface area contributed by atoms with Crippen molar-refractivity contribution < 1.29 is 14.5 Å². The van der Waals surface area contributed by atoms with Crippen LogP contribution in [-0.2, 0) is 4.79 Å². The summed E-state index contributed by atoms with van der Waals surface area (Å²) in [5, 5.41) is 16.0. The lowest BCUT2D eigenvalue weighted by atomic mass is 10.3. The van der Waals surface area contributed by atoms with Crippen LogP contribution in [0.1, 0.15) is 0 Å². The van der Waals surface area contributed by atoms with Gasteiger partial charge in [-0.15, -0.1) is 0 Å². The van der Waals surface area contributed by atoms with Crippen LogP contribution in [0.15, 0.2) is 54.6 Å². The molecule has 7 nitrogen and oxygen atoms in total. The van der Waals surface area contributed by atoms with Gasteiger partial charge in [-0.3, -0.25) is 20.2 Å². The molecule has 2 N–H and O–H groups in total. The summed E-state index contributed by atoms with van der Waals surface area (Å²) in [6, 6.07) is 14.6. The van der Waals surface area contributed by atoms with Gasteiger partial charge in [0.25, 0.3) is 11.6 Å². The number of anilines is 1. The Hall–Kier alpha value is -3.00. The zero-order valence-electron chi connectivity index (χ0n) is 11.9. The number of ether oxygens (including phenoxy) is 1. The smallest absolute Gasteiger partial charge is 0.269 e. The van der Waals surface area contributed by atoms with E-state index in [0.717, 1.165) is 5.69 Å². The Morgan fingerprint density at radius 3 is 2.39 bits per heavy atom. The summed E-state index contributed by atoms with van der Waals surface area (Å²) in [5.74, 6) is -0.0792. The Morgan fingerprint density at radius 2 is 1.78 bits per heavy atom. The summed E-state index contributed by atoms with van der Waals surface area (Å²) < 4.78 is 5.23. The van der Waals surface area contributed by atoms with Gasteiger partial charge in [-0.05, 0) is 36.5 Å². The highest BCUT2D eigenvalue weighted by atomic mass is 32.1. The van der Waals surface area contributed by atoms with Crippen LogP contribution in [0, 0.1) is 10.1 Å². The molecule has 0 heterocycles. The molecule has 0 fully saturated rings. The van der Waals surface area contributed by atoms with Crippen LogP contribution in [0.3, 0.4) is 0 Å². The van der Waals surface area contributed by atoms with Gasteiger partial charge in [0.1, 0.15) is 5.75 Å². The highest BCUT2D eigenvalue weighted by Gasteiger charge is 2.08. The Balaban J connectivity index is 1.78. The largest absolute Gasteiger partial charge is 0.484 e. The molecule has 2 aromatic carbocycles. The zero-order valence-corrected chi connectivity index (χ0v) is 12.7. The summed E-state index contributed by atoms with van der Waals surface area (Å²) >= 11 is 5.02. The molecule has 2 rings (SSSR count). The summed E-state index contributed by atoms with van der Waals surface area (Å²) in [4.78, 5) is 21.7. The maximum atomic E-state index is 11.7. The van der Waals surface area contributed by atoms with Crippen LogP contribution in [-0.4, -0.2) is 22.5 Å². The van der Waals surface area contributed by atoms with E-state index in [1.807, 2.05) is 30.3 Å². The number of hydrogen-bond donors (Lipinski definition) is 2. The van der Waals surface area contributed by atoms with Crippen molar-refractivity contribution in [2.45, 2.75) is 0 Å². The predicted octanol–water partition coefficient (Wildman–Crippen LogP) is 2.49. The molecule has 0 spiro atoms. The number of non-ortho nitro benzene ring substituents is 1. The number of nitrogens with zero attached hydrogens (tertiary/aromatic N) is 1. The van der Waals surface area contributed by atoms with E-state index in [1.165, 1.54) is 24.3 Å². The van der Waals surface area contributed by atoms with Gasteiger partial charge in [0.2, 0.25) is 0 Å².